The van der Waals surface area contributed by atoms with Gasteiger partial charge >= 0.3 is 6.09 Å². The molecule has 0 aliphatic carbocycles. The molecule has 0 aliphatic heterocycles. The fourth-order valence-corrected chi connectivity index (χ4v) is 1.82. The number of hydrogen-bond donors (Lipinski definition) is 3. The molecule has 0 fully saturated rings. The second-order valence-electron chi connectivity index (χ2n) is 5.90. The van der Waals surface area contributed by atoms with Crippen LogP contribution in [-0.2, 0) is 9.53 Å². The molecular weight excluding hydrogens is 298 g/mol. The second-order valence-corrected chi connectivity index (χ2v) is 5.90. The van der Waals surface area contributed by atoms with Crippen molar-refractivity contribution in [2.45, 2.75) is 32.3 Å². The van der Waals surface area contributed by atoms with E-state index >= 15 is 0 Å². The number of rotatable bonds is 5. The lowest BCUT2D eigenvalue weighted by molar-refractivity contribution is -0.122. The minimum Gasteiger partial charge on any atom is -0.508 e. The van der Waals surface area contributed by atoms with Crippen LogP contribution in [0.2, 0.25) is 0 Å². The molecule has 0 bridgehead atoms. The van der Waals surface area contributed by atoms with Crippen molar-refractivity contribution < 1.29 is 19.4 Å². The molecule has 1 atom stereocenters. The van der Waals surface area contributed by atoms with Crippen molar-refractivity contribution in [2.75, 3.05) is 13.1 Å². The van der Waals surface area contributed by atoms with E-state index in [-0.39, 0.29) is 18.8 Å². The highest BCUT2D eigenvalue weighted by Gasteiger charge is 2.23. The maximum absolute atomic E-state index is 12.2. The van der Waals surface area contributed by atoms with Gasteiger partial charge in [-0.05, 0) is 38.5 Å². The van der Waals surface area contributed by atoms with Crippen molar-refractivity contribution in [3.05, 3.63) is 29.8 Å². The zero-order valence-corrected chi connectivity index (χ0v) is 13.4. The predicted molar refractivity (Wildman–Crippen MR) is 83.7 cm³/mol. The normalized spacial score (nSPS) is 11.9. The molecule has 1 rings (SSSR count). The number of benzene rings is 1. The largest absolute Gasteiger partial charge is 0.508 e. The maximum Gasteiger partial charge on any atom is 0.407 e. The number of phenols is 1. The van der Waals surface area contributed by atoms with Gasteiger partial charge in [0.25, 0.3) is 0 Å². The Morgan fingerprint density at radius 2 is 1.87 bits per heavy atom. The average Bonchev–Trinajstić information content (AvgIpc) is 2.45. The first-order valence-corrected chi connectivity index (χ1v) is 7.13. The van der Waals surface area contributed by atoms with Crippen molar-refractivity contribution in [3.8, 4) is 11.8 Å². The molecule has 1 unspecified atom stereocenters. The molecule has 0 spiro atoms. The van der Waals surface area contributed by atoms with Crippen LogP contribution in [0.5, 0.6) is 5.75 Å². The van der Waals surface area contributed by atoms with E-state index in [2.05, 4.69) is 10.6 Å². The summed E-state index contributed by atoms with van der Waals surface area (Å²) in [7, 11) is 0. The number of nitriles is 1. The molecule has 124 valence electrons. The number of phenolic OH excluding ortho intramolecular Hbond substituents is 1. The third kappa shape index (κ3) is 6.70. The summed E-state index contributed by atoms with van der Waals surface area (Å²) < 4.78 is 5.13. The van der Waals surface area contributed by atoms with Crippen LogP contribution >= 0.6 is 0 Å². The van der Waals surface area contributed by atoms with Crippen molar-refractivity contribution >= 4 is 12.0 Å². The molecule has 0 saturated carbocycles. The topological polar surface area (TPSA) is 111 Å². The molecular formula is C16H21N3O4. The van der Waals surface area contributed by atoms with Gasteiger partial charge < -0.3 is 20.5 Å². The smallest absolute Gasteiger partial charge is 0.407 e. The number of carbonyl (C=O) groups excluding carboxylic acids is 2. The van der Waals surface area contributed by atoms with Crippen molar-refractivity contribution in [1.29, 1.82) is 5.26 Å². The first kappa shape index (κ1) is 18.3. The quantitative estimate of drug-likeness (QED) is 0.714. The Kier molecular flexibility index (Phi) is 6.39. The average molecular weight is 319 g/mol. The minimum atomic E-state index is -0.698. The van der Waals surface area contributed by atoms with E-state index in [1.807, 2.05) is 6.07 Å². The molecule has 3 N–H and O–H groups in total. The number of aromatic hydroxyl groups is 1. The zero-order chi connectivity index (χ0) is 17.5. The summed E-state index contributed by atoms with van der Waals surface area (Å²) in [4.78, 5) is 23.9. The summed E-state index contributed by atoms with van der Waals surface area (Å²) in [6, 6.07) is 7.90. The number of hydrogen-bond acceptors (Lipinski definition) is 5. The lowest BCUT2D eigenvalue weighted by Crippen LogP contribution is -2.39. The van der Waals surface area contributed by atoms with E-state index in [1.54, 1.807) is 32.9 Å². The molecule has 0 heterocycles. The van der Waals surface area contributed by atoms with Crippen LogP contribution in [-0.4, -0.2) is 35.8 Å². The van der Waals surface area contributed by atoms with E-state index in [0.29, 0.717) is 5.56 Å². The van der Waals surface area contributed by atoms with E-state index in [4.69, 9.17) is 10.00 Å². The zero-order valence-electron chi connectivity index (χ0n) is 13.4. The molecule has 2 amide bonds. The summed E-state index contributed by atoms with van der Waals surface area (Å²) >= 11 is 0. The second kappa shape index (κ2) is 8.03. The molecule has 7 nitrogen and oxygen atoms in total. The number of alkyl carbamates (subject to hydrolysis) is 1. The Morgan fingerprint density at radius 3 is 2.39 bits per heavy atom. The van der Waals surface area contributed by atoms with Crippen LogP contribution in [0.25, 0.3) is 0 Å². The number of nitrogens with one attached hydrogen (secondary N) is 2. The summed E-state index contributed by atoms with van der Waals surface area (Å²) in [6.45, 7) is 5.10. The molecule has 0 aliphatic rings. The number of carbonyl (C=O) groups is 2. The Labute approximate surface area is 135 Å². The maximum atomic E-state index is 12.2. The summed E-state index contributed by atoms with van der Waals surface area (Å²) in [5, 5.41) is 22.9. The molecule has 0 radical (unpaired) electrons. The van der Waals surface area contributed by atoms with Crippen molar-refractivity contribution in [3.63, 3.8) is 0 Å². The van der Waals surface area contributed by atoms with Crippen molar-refractivity contribution in [2.24, 2.45) is 0 Å². The van der Waals surface area contributed by atoms with Crippen LogP contribution in [0, 0.1) is 11.3 Å². The van der Waals surface area contributed by atoms with Gasteiger partial charge in [-0.3, -0.25) is 4.79 Å². The summed E-state index contributed by atoms with van der Waals surface area (Å²) in [5.41, 5.74) is -0.0319. The third-order valence-corrected chi connectivity index (χ3v) is 2.80. The minimum absolute atomic E-state index is 0.0109. The van der Waals surface area contributed by atoms with Gasteiger partial charge in [-0.25, -0.2) is 4.79 Å². The van der Waals surface area contributed by atoms with Gasteiger partial charge in [0.1, 0.15) is 17.9 Å². The van der Waals surface area contributed by atoms with Crippen LogP contribution in [0.3, 0.4) is 0 Å². The number of amides is 2. The van der Waals surface area contributed by atoms with Gasteiger partial charge in [0.05, 0.1) is 12.0 Å². The van der Waals surface area contributed by atoms with Crippen LogP contribution in [0.1, 0.15) is 32.3 Å². The highest BCUT2D eigenvalue weighted by atomic mass is 16.6. The molecule has 23 heavy (non-hydrogen) atoms. The summed E-state index contributed by atoms with van der Waals surface area (Å²) in [6.07, 6.45) is -0.630. The lowest BCUT2D eigenvalue weighted by Gasteiger charge is -2.22. The fourth-order valence-electron chi connectivity index (χ4n) is 1.82. The predicted octanol–water partition coefficient (Wildman–Crippen LogP) is 1.64. The van der Waals surface area contributed by atoms with Crippen LogP contribution in [0.4, 0.5) is 4.79 Å². The Balaban J connectivity index is 2.80. The van der Waals surface area contributed by atoms with Crippen molar-refractivity contribution in [1.82, 2.24) is 10.6 Å². The van der Waals surface area contributed by atoms with E-state index in [9.17, 15) is 14.7 Å². The van der Waals surface area contributed by atoms with E-state index < -0.39 is 23.5 Å². The molecule has 7 heteroatoms. The van der Waals surface area contributed by atoms with E-state index in [1.165, 1.54) is 12.1 Å². The first-order valence-electron chi connectivity index (χ1n) is 7.13. The first-order chi connectivity index (χ1) is 10.7. The standard InChI is InChI=1S/C16H21N3O4/c1-16(2,3)23-15(22)19-10-13(14(21)18-9-8-17)11-4-6-12(20)7-5-11/h4-7,13,20H,9-10H2,1-3H3,(H,18,21)(H,19,22). The molecule has 1 aromatic rings. The number of nitrogens with zero attached hydrogens (tertiary/aromatic N) is 1. The lowest BCUT2D eigenvalue weighted by atomic mass is 9.98. The monoisotopic (exact) mass is 319 g/mol. The highest BCUT2D eigenvalue weighted by molar-refractivity contribution is 5.84. The fraction of sp³-hybridized carbons (Fsp3) is 0.438. The van der Waals surface area contributed by atoms with E-state index in [0.717, 1.165) is 0 Å². The number of ether oxygens (including phenoxy) is 1. The van der Waals surface area contributed by atoms with Gasteiger partial charge in [-0.15, -0.1) is 0 Å². The Bertz CT molecular complexity index is 585. The molecule has 0 saturated heterocycles. The van der Waals surface area contributed by atoms with Crippen LogP contribution in [0.15, 0.2) is 24.3 Å². The van der Waals surface area contributed by atoms with Gasteiger partial charge in [0.2, 0.25) is 5.91 Å². The summed E-state index contributed by atoms with van der Waals surface area (Å²) in [5.74, 6) is -1.02. The van der Waals surface area contributed by atoms with Gasteiger partial charge in [0.15, 0.2) is 0 Å². The van der Waals surface area contributed by atoms with Gasteiger partial charge in [-0.2, -0.15) is 5.26 Å². The highest BCUT2D eigenvalue weighted by Crippen LogP contribution is 2.19. The van der Waals surface area contributed by atoms with Gasteiger partial charge in [0, 0.05) is 6.54 Å². The SMILES string of the molecule is CC(C)(C)OC(=O)NCC(C(=O)NCC#N)c1ccc(O)cc1. The third-order valence-electron chi connectivity index (χ3n) is 2.80. The Morgan fingerprint density at radius 1 is 1.26 bits per heavy atom. The van der Waals surface area contributed by atoms with Crippen LogP contribution < -0.4 is 10.6 Å². The van der Waals surface area contributed by atoms with Gasteiger partial charge in [-0.1, -0.05) is 12.1 Å². The Hall–Kier alpha value is -2.75. The molecule has 0 aromatic heterocycles. The molecule has 1 aromatic carbocycles.